The highest BCUT2D eigenvalue weighted by Gasteiger charge is 2.35. The number of halogens is 3. The van der Waals surface area contributed by atoms with E-state index in [-0.39, 0.29) is 40.5 Å². The van der Waals surface area contributed by atoms with E-state index in [9.17, 15) is 22.4 Å². The topological polar surface area (TPSA) is 96.0 Å². The molecule has 1 aliphatic rings. The number of benzene rings is 4. The van der Waals surface area contributed by atoms with Crippen molar-refractivity contribution in [1.29, 1.82) is 0 Å². The number of sulfonamides is 1. The minimum absolute atomic E-state index is 0.0214. The molecule has 8 nitrogen and oxygen atoms in total. The standard InChI is InChI=1S/C37H38Cl2FN3O5S/c1-2-48-31-17-15-30(16-18-31)43(49(46,47)32-19-13-28(40)14-20-32)25-36(44)42(24-27-12-21-33(38)34(39)22-27)35(23-26-8-4-3-5-9-26)37(45)41-29-10-6-7-11-29/h3-5,8-9,12-22,29,35H,2,6-7,10-11,23-25H2,1H3,(H,41,45)/t35-/m0/s1. The van der Waals surface area contributed by atoms with E-state index in [0.29, 0.717) is 22.9 Å². The Kier molecular flexibility index (Phi) is 12.2. The van der Waals surface area contributed by atoms with E-state index >= 15 is 0 Å². The van der Waals surface area contributed by atoms with Gasteiger partial charge in [-0.3, -0.25) is 13.9 Å². The second kappa shape index (κ2) is 16.5. The maximum Gasteiger partial charge on any atom is 0.264 e. The molecule has 0 aromatic heterocycles. The average molecular weight is 727 g/mol. The van der Waals surface area contributed by atoms with E-state index in [0.717, 1.165) is 59.8 Å². The van der Waals surface area contributed by atoms with Gasteiger partial charge < -0.3 is 15.0 Å². The van der Waals surface area contributed by atoms with Crippen LogP contribution in [0.5, 0.6) is 5.75 Å². The number of carbonyl (C=O) groups excluding carboxylic acids is 2. The fourth-order valence-corrected chi connectivity index (χ4v) is 7.63. The number of hydrogen-bond donors (Lipinski definition) is 1. The Morgan fingerprint density at radius 1 is 0.898 bits per heavy atom. The summed E-state index contributed by atoms with van der Waals surface area (Å²) in [7, 11) is -4.39. The van der Waals surface area contributed by atoms with Crippen molar-refractivity contribution in [2.75, 3.05) is 17.5 Å². The quantitative estimate of drug-likeness (QED) is 0.146. The summed E-state index contributed by atoms with van der Waals surface area (Å²) >= 11 is 12.6. The van der Waals surface area contributed by atoms with Crippen molar-refractivity contribution in [3.8, 4) is 5.75 Å². The SMILES string of the molecule is CCOc1ccc(N(CC(=O)N(Cc2ccc(Cl)c(Cl)c2)[C@@H](Cc2ccccc2)C(=O)NC2CCCC2)S(=O)(=O)c2ccc(F)cc2)cc1. The van der Waals surface area contributed by atoms with Gasteiger partial charge in [0.15, 0.2) is 0 Å². The number of rotatable bonds is 14. The molecule has 1 fully saturated rings. The smallest absolute Gasteiger partial charge is 0.264 e. The van der Waals surface area contributed by atoms with Gasteiger partial charge in [0.1, 0.15) is 24.2 Å². The van der Waals surface area contributed by atoms with Gasteiger partial charge in [-0.25, -0.2) is 12.8 Å². The molecule has 12 heteroatoms. The molecule has 1 aliphatic carbocycles. The van der Waals surface area contributed by atoms with Crippen LogP contribution in [0.25, 0.3) is 0 Å². The second-order valence-corrected chi connectivity index (χ2v) is 14.5. The highest BCUT2D eigenvalue weighted by molar-refractivity contribution is 7.92. The molecule has 0 saturated heterocycles. The van der Waals surface area contributed by atoms with E-state index in [1.54, 1.807) is 30.3 Å². The predicted molar refractivity (Wildman–Crippen MR) is 190 cm³/mol. The van der Waals surface area contributed by atoms with Crippen molar-refractivity contribution in [2.24, 2.45) is 0 Å². The van der Waals surface area contributed by atoms with Crippen LogP contribution in [-0.4, -0.2) is 50.4 Å². The van der Waals surface area contributed by atoms with Gasteiger partial charge in [0, 0.05) is 19.0 Å². The first-order valence-electron chi connectivity index (χ1n) is 16.1. The number of ether oxygens (including phenoxy) is 1. The summed E-state index contributed by atoms with van der Waals surface area (Å²) in [4.78, 5) is 30.0. The number of carbonyl (C=O) groups is 2. The molecule has 0 radical (unpaired) electrons. The van der Waals surface area contributed by atoms with Crippen LogP contribution in [0.15, 0.2) is 102 Å². The molecular weight excluding hydrogens is 688 g/mol. The maximum absolute atomic E-state index is 14.7. The van der Waals surface area contributed by atoms with Crippen molar-refractivity contribution in [3.05, 3.63) is 124 Å². The third-order valence-corrected chi connectivity index (χ3v) is 11.0. The van der Waals surface area contributed by atoms with Crippen LogP contribution < -0.4 is 14.4 Å². The Morgan fingerprint density at radius 3 is 2.20 bits per heavy atom. The molecule has 0 heterocycles. The number of anilines is 1. The van der Waals surface area contributed by atoms with E-state index in [4.69, 9.17) is 27.9 Å². The Morgan fingerprint density at radius 2 is 1.57 bits per heavy atom. The van der Waals surface area contributed by atoms with Crippen molar-refractivity contribution in [1.82, 2.24) is 10.2 Å². The van der Waals surface area contributed by atoms with Crippen LogP contribution in [0.4, 0.5) is 10.1 Å². The number of nitrogens with zero attached hydrogens (tertiary/aromatic N) is 2. The zero-order valence-electron chi connectivity index (χ0n) is 27.0. The lowest BCUT2D eigenvalue weighted by Gasteiger charge is -2.34. The van der Waals surface area contributed by atoms with Crippen molar-refractivity contribution in [2.45, 2.75) is 62.6 Å². The first-order chi connectivity index (χ1) is 23.5. The Bertz CT molecular complexity index is 1840. The van der Waals surface area contributed by atoms with Gasteiger partial charge in [-0.05, 0) is 91.6 Å². The second-order valence-electron chi connectivity index (χ2n) is 11.9. The maximum atomic E-state index is 14.7. The lowest BCUT2D eigenvalue weighted by Crippen LogP contribution is -2.54. The van der Waals surface area contributed by atoms with Gasteiger partial charge in [-0.15, -0.1) is 0 Å². The molecule has 0 unspecified atom stereocenters. The molecular formula is C37H38Cl2FN3O5S. The van der Waals surface area contributed by atoms with Gasteiger partial charge in [0.05, 0.1) is 27.2 Å². The van der Waals surface area contributed by atoms with Crippen LogP contribution in [0, 0.1) is 5.82 Å². The van der Waals surface area contributed by atoms with Gasteiger partial charge in [0.25, 0.3) is 10.0 Å². The van der Waals surface area contributed by atoms with Gasteiger partial charge in [0.2, 0.25) is 11.8 Å². The average Bonchev–Trinajstić information content (AvgIpc) is 3.61. The molecule has 0 spiro atoms. The number of nitrogens with one attached hydrogen (secondary N) is 1. The first-order valence-corrected chi connectivity index (χ1v) is 18.3. The monoisotopic (exact) mass is 725 g/mol. The highest BCUT2D eigenvalue weighted by atomic mass is 35.5. The molecule has 4 aromatic carbocycles. The number of amides is 2. The van der Waals surface area contributed by atoms with E-state index in [1.165, 1.54) is 17.0 Å². The zero-order chi connectivity index (χ0) is 35.0. The van der Waals surface area contributed by atoms with Gasteiger partial charge in [-0.2, -0.15) is 0 Å². The van der Waals surface area contributed by atoms with Gasteiger partial charge >= 0.3 is 0 Å². The molecule has 2 amide bonds. The Hall–Kier alpha value is -4.12. The van der Waals surface area contributed by atoms with Crippen LogP contribution >= 0.6 is 23.2 Å². The summed E-state index contributed by atoms with van der Waals surface area (Å²) in [6, 6.07) is 23.9. The summed E-state index contributed by atoms with van der Waals surface area (Å²) in [6.45, 7) is 1.52. The van der Waals surface area contributed by atoms with E-state index in [1.807, 2.05) is 37.3 Å². The van der Waals surface area contributed by atoms with Crippen LogP contribution in [0.1, 0.15) is 43.7 Å². The highest BCUT2D eigenvalue weighted by Crippen LogP contribution is 2.29. The first kappa shape index (κ1) is 36.2. The van der Waals surface area contributed by atoms with E-state index in [2.05, 4.69) is 5.32 Å². The lowest BCUT2D eigenvalue weighted by atomic mass is 10.0. The minimum Gasteiger partial charge on any atom is -0.494 e. The fourth-order valence-electron chi connectivity index (χ4n) is 5.89. The predicted octanol–water partition coefficient (Wildman–Crippen LogP) is 7.43. The summed E-state index contributed by atoms with van der Waals surface area (Å²) < 4.78 is 48.7. The van der Waals surface area contributed by atoms with Crippen LogP contribution in [0.3, 0.4) is 0 Å². The third kappa shape index (κ3) is 9.32. The summed E-state index contributed by atoms with van der Waals surface area (Å²) in [5, 5.41) is 3.75. The normalized spacial score (nSPS) is 13.9. The molecule has 1 N–H and O–H groups in total. The van der Waals surface area contributed by atoms with Crippen LogP contribution in [-0.2, 0) is 32.6 Å². The molecule has 258 valence electrons. The molecule has 4 aromatic rings. The minimum atomic E-state index is -4.39. The summed E-state index contributed by atoms with van der Waals surface area (Å²) in [5.74, 6) is -1.05. The summed E-state index contributed by atoms with van der Waals surface area (Å²) in [5.41, 5.74) is 1.61. The molecule has 1 atom stereocenters. The van der Waals surface area contributed by atoms with Crippen LogP contribution in [0.2, 0.25) is 10.0 Å². The van der Waals surface area contributed by atoms with E-state index < -0.39 is 34.3 Å². The molecule has 0 aliphatic heterocycles. The Balaban J connectivity index is 1.57. The van der Waals surface area contributed by atoms with Crippen molar-refractivity contribution in [3.63, 3.8) is 0 Å². The molecule has 49 heavy (non-hydrogen) atoms. The molecule has 5 rings (SSSR count). The van der Waals surface area contributed by atoms with Crippen molar-refractivity contribution >= 4 is 50.7 Å². The zero-order valence-corrected chi connectivity index (χ0v) is 29.4. The summed E-state index contributed by atoms with van der Waals surface area (Å²) in [6.07, 6.45) is 3.86. The Labute approximate surface area is 296 Å². The lowest BCUT2D eigenvalue weighted by molar-refractivity contribution is -0.140. The largest absolute Gasteiger partial charge is 0.494 e. The molecule has 1 saturated carbocycles. The number of hydrogen-bond acceptors (Lipinski definition) is 5. The van der Waals surface area contributed by atoms with Crippen molar-refractivity contribution < 1.29 is 27.1 Å². The fraction of sp³-hybridized carbons (Fsp3) is 0.297. The van der Waals surface area contributed by atoms with Gasteiger partial charge in [-0.1, -0.05) is 72.4 Å². The molecule has 0 bridgehead atoms. The third-order valence-electron chi connectivity index (χ3n) is 8.43.